The first-order chi connectivity index (χ1) is 29.0. The number of aromatic amines is 1. The number of aromatic nitrogens is 4. The Balaban J connectivity index is 0.000000161. The minimum Gasteiger partial charge on any atom is -0.489 e. The van der Waals surface area contributed by atoms with Crippen LogP contribution in [0.1, 0.15) is 88.3 Å². The third kappa shape index (κ3) is 9.57. The van der Waals surface area contributed by atoms with Crippen LogP contribution in [-0.4, -0.2) is 82.7 Å². The normalized spacial score (nSPS) is 25.7. The van der Waals surface area contributed by atoms with Crippen LogP contribution >= 0.6 is 11.8 Å². The molecule has 3 aromatic heterocycles. The summed E-state index contributed by atoms with van der Waals surface area (Å²) in [6.45, 7) is 11.1. The van der Waals surface area contributed by atoms with Crippen molar-refractivity contribution < 1.29 is 38.7 Å². The van der Waals surface area contributed by atoms with Gasteiger partial charge in [-0.1, -0.05) is 25.4 Å². The van der Waals surface area contributed by atoms with Crippen LogP contribution in [0.5, 0.6) is 11.5 Å². The van der Waals surface area contributed by atoms with Crippen LogP contribution in [0.25, 0.3) is 27.5 Å². The number of nitrogen functional groups attached to an aromatic ring is 1. The summed E-state index contributed by atoms with van der Waals surface area (Å²) in [5, 5.41) is 33.3. The van der Waals surface area contributed by atoms with Gasteiger partial charge in [0.15, 0.2) is 5.58 Å². The van der Waals surface area contributed by atoms with Gasteiger partial charge in [-0.25, -0.2) is 14.4 Å². The minimum absolute atomic E-state index is 0.0572. The van der Waals surface area contributed by atoms with Crippen LogP contribution in [0, 0.1) is 12.8 Å². The Morgan fingerprint density at radius 2 is 1.87 bits per heavy atom. The molecule has 0 unspecified atom stereocenters. The fourth-order valence-electron chi connectivity index (χ4n) is 7.35. The van der Waals surface area contributed by atoms with Gasteiger partial charge in [-0.2, -0.15) is 4.98 Å². The van der Waals surface area contributed by atoms with Gasteiger partial charge in [-0.3, -0.25) is 18.9 Å². The summed E-state index contributed by atoms with van der Waals surface area (Å²) in [4.78, 5) is 55.1. The van der Waals surface area contributed by atoms with Crippen LogP contribution in [0.4, 0.5) is 5.82 Å². The van der Waals surface area contributed by atoms with E-state index in [2.05, 4.69) is 26.9 Å². The lowest BCUT2D eigenvalue weighted by atomic mass is 9.85. The lowest BCUT2D eigenvalue weighted by Crippen LogP contribution is -2.34. The highest BCUT2D eigenvalue weighted by molar-refractivity contribution is 8.00. The summed E-state index contributed by atoms with van der Waals surface area (Å²) >= 11 is 1.47. The van der Waals surface area contributed by atoms with Gasteiger partial charge in [-0.15, -0.1) is 11.8 Å². The van der Waals surface area contributed by atoms with E-state index in [-0.39, 0.29) is 49.1 Å². The van der Waals surface area contributed by atoms with Crippen LogP contribution in [0.15, 0.2) is 59.3 Å². The number of ether oxygens (including phenoxy) is 4. The Labute approximate surface area is 352 Å². The number of nitrogens with two attached hydrogens (primary N) is 1. The molecule has 4 aliphatic rings. The SMILES string of the molecule is CCCc1cc(=O)oc2c3c(c4c(c12)OC(C)(C)C=C4)O[C@H](C)[C@@H](C)[C@@H]3O.Cc1cn([C@H]2C[C@H](N=[N+]=[N-])[C@@H](CO)O2)c(=O)[nH]c1=O.Nc1ccn([C@@H]2CS[C@H](CO)O2)c(=O)n1. The van der Waals surface area contributed by atoms with Crippen molar-refractivity contribution in [2.45, 2.75) is 109 Å². The summed E-state index contributed by atoms with van der Waals surface area (Å²) < 4.78 is 31.6. The molecular weight excluding hydrogens is 817 g/mol. The topological polar surface area (TPSA) is 292 Å². The van der Waals surface area contributed by atoms with Gasteiger partial charge < -0.3 is 44.4 Å². The standard InChI is InChI=1S/C22H26O5.C10H13N5O4.C8H11N3O3S/c1-6-7-13-10-15(23)26-21-16(13)20-14(8-9-22(4,5)27-20)19-17(21)18(24)11(2)12(3)25-19;1-5-3-15(10(18)12-9(5)17)8-2-6(13-14-11)7(4-16)19-8;9-5-1-2-11(8(13)10-5)6-4-15-7(3-12)14-6/h8-12,18,24H,6-7H2,1-5H3;3,6-8,16H,2,4H2,1H3,(H,12,17,18);1-2,6-7,12H,3-4H2,(H2,9,10,13)/t11-,12-,18+;6-,7+,8+;6-,7+/m100/s1. The Kier molecular flexibility index (Phi) is 13.8. The average molecular weight is 867 g/mol. The van der Waals surface area contributed by atoms with Crippen molar-refractivity contribution >= 4 is 34.6 Å². The van der Waals surface area contributed by atoms with E-state index in [4.69, 9.17) is 44.8 Å². The molecule has 1 aromatic carbocycles. The highest BCUT2D eigenvalue weighted by Gasteiger charge is 2.40. The number of fused-ring (bicyclic) bond motifs is 6. The fourth-order valence-corrected chi connectivity index (χ4v) is 8.28. The van der Waals surface area contributed by atoms with Crippen LogP contribution in [-0.2, 0) is 15.9 Å². The van der Waals surface area contributed by atoms with Crippen molar-refractivity contribution in [3.05, 3.63) is 105 Å². The molecule has 0 saturated carbocycles. The molecule has 4 aliphatic heterocycles. The van der Waals surface area contributed by atoms with Crippen molar-refractivity contribution in [3.63, 3.8) is 0 Å². The number of aliphatic hydroxyl groups is 3. The highest BCUT2D eigenvalue weighted by atomic mass is 32.2. The Hall–Kier alpha value is -5.41. The maximum absolute atomic E-state index is 12.3. The molecular formula is C40H50N8O12S. The van der Waals surface area contributed by atoms with Crippen LogP contribution < -0.4 is 37.8 Å². The monoisotopic (exact) mass is 866 g/mol. The number of aryl methyl sites for hydroxylation is 2. The quantitative estimate of drug-likeness (QED) is 0.0768. The van der Waals surface area contributed by atoms with E-state index < -0.39 is 52.6 Å². The lowest BCUT2D eigenvalue weighted by molar-refractivity contribution is -0.0271. The van der Waals surface area contributed by atoms with E-state index in [0.29, 0.717) is 34.0 Å². The van der Waals surface area contributed by atoms with Crippen molar-refractivity contribution in [3.8, 4) is 11.5 Å². The predicted octanol–water partition coefficient (Wildman–Crippen LogP) is 3.59. The molecule has 2 fully saturated rings. The van der Waals surface area contributed by atoms with Crippen molar-refractivity contribution in [1.29, 1.82) is 0 Å². The number of hydrogen-bond donors (Lipinski definition) is 5. The molecule has 8 atom stereocenters. The number of anilines is 1. The fraction of sp³-hybridized carbons (Fsp3) is 0.525. The molecule has 7 heterocycles. The molecule has 0 bridgehead atoms. The van der Waals surface area contributed by atoms with Crippen molar-refractivity contribution in [2.24, 2.45) is 11.0 Å². The molecule has 0 amide bonds. The molecule has 20 nitrogen and oxygen atoms in total. The van der Waals surface area contributed by atoms with E-state index in [1.54, 1.807) is 19.2 Å². The number of hydrogen-bond acceptors (Lipinski definition) is 16. The molecule has 0 radical (unpaired) electrons. The molecule has 8 rings (SSSR count). The second-order valence-electron chi connectivity index (χ2n) is 15.6. The van der Waals surface area contributed by atoms with E-state index in [0.717, 1.165) is 29.4 Å². The number of azide groups is 1. The van der Waals surface area contributed by atoms with Gasteiger partial charge in [0, 0.05) is 47.0 Å². The number of benzene rings is 1. The molecule has 4 aromatic rings. The smallest absolute Gasteiger partial charge is 0.351 e. The zero-order valence-corrected chi connectivity index (χ0v) is 35.3. The van der Waals surface area contributed by atoms with Crippen LogP contribution in [0.3, 0.4) is 0 Å². The molecule has 21 heteroatoms. The van der Waals surface area contributed by atoms with Crippen molar-refractivity contribution in [2.75, 3.05) is 24.7 Å². The van der Waals surface area contributed by atoms with Gasteiger partial charge in [0.25, 0.3) is 5.56 Å². The van der Waals surface area contributed by atoms with E-state index in [1.807, 2.05) is 39.8 Å². The van der Waals surface area contributed by atoms with Gasteiger partial charge in [-0.05, 0) is 63.4 Å². The van der Waals surface area contributed by atoms with E-state index >= 15 is 0 Å². The molecule has 0 spiro atoms. The van der Waals surface area contributed by atoms with E-state index in [9.17, 15) is 24.3 Å². The Morgan fingerprint density at radius 1 is 1.11 bits per heavy atom. The van der Waals surface area contributed by atoms with Gasteiger partial charge >= 0.3 is 17.0 Å². The zero-order valence-electron chi connectivity index (χ0n) is 34.5. The molecule has 328 valence electrons. The second-order valence-corrected chi connectivity index (χ2v) is 16.8. The maximum Gasteiger partial charge on any atom is 0.351 e. The molecule has 6 N–H and O–H groups in total. The molecule has 61 heavy (non-hydrogen) atoms. The number of thioether (sulfide) groups is 1. The Bertz CT molecular complexity index is 2580. The predicted molar refractivity (Wildman–Crippen MR) is 225 cm³/mol. The van der Waals surface area contributed by atoms with Gasteiger partial charge in [0.05, 0.1) is 48.0 Å². The molecule has 0 aliphatic carbocycles. The summed E-state index contributed by atoms with van der Waals surface area (Å²) in [5.41, 5.74) is 14.2. The first-order valence-corrected chi connectivity index (χ1v) is 20.8. The number of aliphatic hydroxyl groups excluding tert-OH is 3. The largest absolute Gasteiger partial charge is 0.489 e. The summed E-state index contributed by atoms with van der Waals surface area (Å²) in [7, 11) is 0. The van der Waals surface area contributed by atoms with Gasteiger partial charge in [0.1, 0.15) is 46.9 Å². The minimum atomic E-state index is -0.778. The second kappa shape index (κ2) is 18.7. The first-order valence-electron chi connectivity index (χ1n) is 19.7. The van der Waals surface area contributed by atoms with Gasteiger partial charge in [0.2, 0.25) is 0 Å². The zero-order chi connectivity index (χ0) is 44.3. The summed E-state index contributed by atoms with van der Waals surface area (Å²) in [5.74, 6) is 1.91. The highest BCUT2D eigenvalue weighted by Crippen LogP contribution is 2.52. The van der Waals surface area contributed by atoms with E-state index in [1.165, 1.54) is 33.2 Å². The Morgan fingerprint density at radius 3 is 2.52 bits per heavy atom. The summed E-state index contributed by atoms with van der Waals surface area (Å²) in [6.07, 6.45) is 6.16. The lowest BCUT2D eigenvalue weighted by Gasteiger charge is -2.37. The van der Waals surface area contributed by atoms with Crippen molar-refractivity contribution in [1.82, 2.24) is 19.1 Å². The number of nitrogens with one attached hydrogen (secondary N) is 1. The third-order valence-corrected chi connectivity index (χ3v) is 11.8. The maximum atomic E-state index is 12.3. The molecule has 2 saturated heterocycles. The average Bonchev–Trinajstić information content (AvgIpc) is 3.86. The van der Waals surface area contributed by atoms with Crippen LogP contribution in [0.2, 0.25) is 0 Å². The number of rotatable bonds is 7. The third-order valence-electron chi connectivity index (χ3n) is 10.7. The number of H-pyrrole nitrogens is 1. The first kappa shape index (κ1) is 45.1. The summed E-state index contributed by atoms with van der Waals surface area (Å²) in [6, 6.07) is 2.54. The number of nitrogens with zero attached hydrogens (tertiary/aromatic N) is 6.